The SMILES string of the molecule is O=C(O)c1ccc(-c2nn(C(=O)c3c(Cl)cccc3C3CC3)c3c2CCC(O)C3)c(F)c1. The van der Waals surface area contributed by atoms with Gasteiger partial charge in [-0.05, 0) is 61.4 Å². The van der Waals surface area contributed by atoms with Gasteiger partial charge in [-0.3, -0.25) is 4.79 Å². The van der Waals surface area contributed by atoms with Gasteiger partial charge in [0.15, 0.2) is 0 Å². The number of fused-ring (bicyclic) bond motifs is 1. The molecule has 6 nitrogen and oxygen atoms in total. The molecule has 3 aromatic rings. The first-order valence-corrected chi connectivity index (χ1v) is 10.9. The number of aliphatic hydroxyl groups is 1. The van der Waals surface area contributed by atoms with Crippen molar-refractivity contribution in [2.45, 2.75) is 44.1 Å². The van der Waals surface area contributed by atoms with Gasteiger partial charge in [0, 0.05) is 17.5 Å². The predicted octanol–water partition coefficient (Wildman–Crippen LogP) is 4.46. The van der Waals surface area contributed by atoms with E-state index in [0.29, 0.717) is 34.7 Å². The third kappa shape index (κ3) is 3.51. The van der Waals surface area contributed by atoms with Crippen molar-refractivity contribution < 1.29 is 24.2 Å². The standard InChI is InChI=1S/C24H20ClFN2O4/c25-18-3-1-2-15(12-4-5-12)21(18)23(30)28-20-11-14(29)7-9-17(20)22(27-28)16-8-6-13(24(31)32)10-19(16)26/h1-3,6,8,10,12,14,29H,4-5,7,9,11H2,(H,31,32). The molecule has 0 bridgehead atoms. The number of rotatable bonds is 4. The van der Waals surface area contributed by atoms with Crippen molar-refractivity contribution in [3.05, 3.63) is 75.2 Å². The van der Waals surface area contributed by atoms with E-state index >= 15 is 0 Å². The minimum atomic E-state index is -1.23. The highest BCUT2D eigenvalue weighted by Crippen LogP contribution is 2.43. The van der Waals surface area contributed by atoms with Gasteiger partial charge in [0.2, 0.25) is 0 Å². The van der Waals surface area contributed by atoms with Gasteiger partial charge in [-0.1, -0.05) is 23.7 Å². The number of aromatic carboxylic acids is 1. The van der Waals surface area contributed by atoms with Crippen LogP contribution in [0.1, 0.15) is 62.7 Å². The Balaban J connectivity index is 1.66. The maximum atomic E-state index is 14.9. The van der Waals surface area contributed by atoms with Crippen LogP contribution in [-0.4, -0.2) is 38.0 Å². The van der Waals surface area contributed by atoms with Crippen molar-refractivity contribution in [1.29, 1.82) is 0 Å². The Morgan fingerprint density at radius 1 is 1.16 bits per heavy atom. The molecule has 1 aromatic heterocycles. The third-order valence-electron chi connectivity index (χ3n) is 6.19. The largest absolute Gasteiger partial charge is 0.478 e. The van der Waals surface area contributed by atoms with E-state index in [4.69, 9.17) is 16.7 Å². The number of hydrogen-bond acceptors (Lipinski definition) is 4. The maximum Gasteiger partial charge on any atom is 0.335 e. The highest BCUT2D eigenvalue weighted by molar-refractivity contribution is 6.34. The van der Waals surface area contributed by atoms with Crippen molar-refractivity contribution in [3.63, 3.8) is 0 Å². The van der Waals surface area contributed by atoms with Crippen molar-refractivity contribution in [2.75, 3.05) is 0 Å². The summed E-state index contributed by atoms with van der Waals surface area (Å²) in [5, 5.41) is 24.2. The first-order valence-electron chi connectivity index (χ1n) is 10.5. The molecule has 1 saturated carbocycles. The number of benzene rings is 2. The summed E-state index contributed by atoms with van der Waals surface area (Å²) in [7, 11) is 0. The molecule has 1 unspecified atom stereocenters. The molecule has 2 N–H and O–H groups in total. The van der Waals surface area contributed by atoms with E-state index in [1.165, 1.54) is 16.8 Å². The van der Waals surface area contributed by atoms with Crippen LogP contribution in [0.4, 0.5) is 4.39 Å². The van der Waals surface area contributed by atoms with Gasteiger partial charge in [0.05, 0.1) is 33.6 Å². The average Bonchev–Trinajstić information content (AvgIpc) is 3.54. The van der Waals surface area contributed by atoms with Crippen LogP contribution >= 0.6 is 11.6 Å². The lowest BCUT2D eigenvalue weighted by atomic mass is 9.91. The maximum absolute atomic E-state index is 14.9. The van der Waals surface area contributed by atoms with Gasteiger partial charge in [-0.15, -0.1) is 0 Å². The fraction of sp³-hybridized carbons (Fsp3) is 0.292. The lowest BCUT2D eigenvalue weighted by Crippen LogP contribution is -2.25. The summed E-state index contributed by atoms with van der Waals surface area (Å²) in [6, 6.07) is 9.00. The Morgan fingerprint density at radius 3 is 2.62 bits per heavy atom. The molecule has 1 fully saturated rings. The normalized spacial score (nSPS) is 17.8. The zero-order chi connectivity index (χ0) is 22.6. The minimum Gasteiger partial charge on any atom is -0.478 e. The molecule has 0 saturated heterocycles. The lowest BCUT2D eigenvalue weighted by Gasteiger charge is -2.19. The van der Waals surface area contributed by atoms with E-state index in [2.05, 4.69) is 5.10 Å². The summed E-state index contributed by atoms with van der Waals surface area (Å²) in [5.41, 5.74) is 2.72. The van der Waals surface area contributed by atoms with Gasteiger partial charge in [0.1, 0.15) is 5.82 Å². The molecular weight excluding hydrogens is 435 g/mol. The summed E-state index contributed by atoms with van der Waals surface area (Å²) in [5.74, 6) is -2.08. The smallest absolute Gasteiger partial charge is 0.335 e. The van der Waals surface area contributed by atoms with Crippen molar-refractivity contribution >= 4 is 23.5 Å². The molecule has 0 radical (unpaired) electrons. The monoisotopic (exact) mass is 454 g/mol. The molecular formula is C24H20ClFN2O4. The molecule has 0 spiro atoms. The molecule has 1 heterocycles. The second kappa shape index (κ2) is 7.83. The Kier molecular flexibility index (Phi) is 5.10. The summed E-state index contributed by atoms with van der Waals surface area (Å²) >= 11 is 6.43. The Labute approximate surface area is 188 Å². The number of carboxylic acids is 1. The minimum absolute atomic E-state index is 0.121. The van der Waals surface area contributed by atoms with E-state index in [0.717, 1.165) is 24.5 Å². The van der Waals surface area contributed by atoms with Crippen molar-refractivity contribution in [1.82, 2.24) is 9.78 Å². The number of nitrogens with zero attached hydrogens (tertiary/aromatic N) is 2. The molecule has 2 aromatic carbocycles. The summed E-state index contributed by atoms with van der Waals surface area (Å²) < 4.78 is 16.1. The van der Waals surface area contributed by atoms with Gasteiger partial charge < -0.3 is 10.2 Å². The second-order valence-electron chi connectivity index (χ2n) is 8.37. The molecule has 164 valence electrons. The summed E-state index contributed by atoms with van der Waals surface area (Å²) in [6.07, 6.45) is 2.45. The van der Waals surface area contributed by atoms with Crippen LogP contribution in [0.3, 0.4) is 0 Å². The van der Waals surface area contributed by atoms with Gasteiger partial charge >= 0.3 is 5.97 Å². The van der Waals surface area contributed by atoms with Crippen LogP contribution in [0.2, 0.25) is 5.02 Å². The number of aliphatic hydroxyl groups excluding tert-OH is 1. The average molecular weight is 455 g/mol. The zero-order valence-corrected chi connectivity index (χ0v) is 17.8. The van der Waals surface area contributed by atoms with Gasteiger partial charge in [-0.25, -0.2) is 9.18 Å². The number of carboxylic acid groups (broad SMARTS) is 1. The number of halogens is 2. The van der Waals surface area contributed by atoms with E-state index in [-0.39, 0.29) is 29.2 Å². The topological polar surface area (TPSA) is 92.4 Å². The number of hydrogen-bond donors (Lipinski definition) is 2. The molecule has 32 heavy (non-hydrogen) atoms. The van der Waals surface area contributed by atoms with Crippen LogP contribution in [0.5, 0.6) is 0 Å². The Hall–Kier alpha value is -3.03. The second-order valence-corrected chi connectivity index (χ2v) is 8.77. The van der Waals surface area contributed by atoms with E-state index in [9.17, 15) is 19.1 Å². The molecule has 8 heteroatoms. The van der Waals surface area contributed by atoms with Crippen molar-refractivity contribution in [2.24, 2.45) is 0 Å². The molecule has 1 atom stereocenters. The third-order valence-corrected chi connectivity index (χ3v) is 6.50. The summed E-state index contributed by atoms with van der Waals surface area (Å²) in [4.78, 5) is 24.8. The Bertz CT molecular complexity index is 1270. The predicted molar refractivity (Wildman–Crippen MR) is 116 cm³/mol. The van der Waals surface area contributed by atoms with Crippen LogP contribution in [0.15, 0.2) is 36.4 Å². The first-order chi connectivity index (χ1) is 15.3. The fourth-order valence-electron chi connectivity index (χ4n) is 4.43. The van der Waals surface area contributed by atoms with E-state index < -0.39 is 23.8 Å². The number of carbonyl (C=O) groups is 2. The number of carbonyl (C=O) groups excluding carboxylic acids is 1. The molecule has 2 aliphatic carbocycles. The Morgan fingerprint density at radius 2 is 1.94 bits per heavy atom. The van der Waals surface area contributed by atoms with Crippen LogP contribution in [0.25, 0.3) is 11.3 Å². The molecule has 5 rings (SSSR count). The van der Waals surface area contributed by atoms with Crippen molar-refractivity contribution in [3.8, 4) is 11.3 Å². The number of aromatic nitrogens is 2. The van der Waals surface area contributed by atoms with Crippen LogP contribution in [0, 0.1) is 5.82 Å². The molecule has 0 amide bonds. The molecule has 2 aliphatic rings. The van der Waals surface area contributed by atoms with Gasteiger partial charge in [0.25, 0.3) is 5.91 Å². The quantitative estimate of drug-likeness (QED) is 0.607. The highest BCUT2D eigenvalue weighted by atomic mass is 35.5. The van der Waals surface area contributed by atoms with E-state index in [1.807, 2.05) is 12.1 Å². The zero-order valence-electron chi connectivity index (χ0n) is 17.0. The molecule has 0 aliphatic heterocycles. The van der Waals surface area contributed by atoms with Crippen LogP contribution in [-0.2, 0) is 12.8 Å². The van der Waals surface area contributed by atoms with Crippen LogP contribution < -0.4 is 0 Å². The fourth-order valence-corrected chi connectivity index (χ4v) is 4.69. The lowest BCUT2D eigenvalue weighted by molar-refractivity contribution is 0.0696. The van der Waals surface area contributed by atoms with E-state index in [1.54, 1.807) is 6.07 Å². The summed E-state index contributed by atoms with van der Waals surface area (Å²) in [6.45, 7) is 0. The van der Waals surface area contributed by atoms with Gasteiger partial charge in [-0.2, -0.15) is 9.78 Å². The first kappa shape index (κ1) is 20.8. The highest BCUT2D eigenvalue weighted by Gasteiger charge is 2.34.